The van der Waals surface area contributed by atoms with Gasteiger partial charge in [-0.2, -0.15) is 0 Å². The van der Waals surface area contributed by atoms with Crippen LogP contribution < -0.4 is 4.46 Å². The summed E-state index contributed by atoms with van der Waals surface area (Å²) in [6.07, 6.45) is 3.46. The van der Waals surface area contributed by atoms with Crippen LogP contribution in [0, 0.1) is 0 Å². The molecule has 0 fully saturated rings. The van der Waals surface area contributed by atoms with Crippen molar-refractivity contribution in [2.45, 2.75) is 63.1 Å². The fraction of sp³-hybridized carbons (Fsp3) is 0.417. The maximum absolute atomic E-state index is 6.34. The van der Waals surface area contributed by atoms with Gasteiger partial charge in [0.1, 0.15) is 0 Å². The minimum absolute atomic E-state index is 0.291. The number of thioether (sulfide) groups is 1. The van der Waals surface area contributed by atoms with Crippen molar-refractivity contribution in [1.29, 1.82) is 0 Å². The summed E-state index contributed by atoms with van der Waals surface area (Å²) in [5, 5.41) is 0.291. The minimum atomic E-state index is -1.62. The molecule has 0 amide bonds. The van der Waals surface area contributed by atoms with E-state index in [9.17, 15) is 0 Å². The molecule has 2 aromatic rings. The summed E-state index contributed by atoms with van der Waals surface area (Å²) < 4.78 is 7.77. The normalized spacial score (nSPS) is 13.0. The van der Waals surface area contributed by atoms with Crippen LogP contribution in [0.3, 0.4) is 0 Å². The molecule has 0 aliphatic rings. The summed E-state index contributed by atoms with van der Waals surface area (Å²) in [6, 6.07) is 21.5. The molecule has 0 spiro atoms. The fourth-order valence-electron chi connectivity index (χ4n) is 2.35. The van der Waals surface area contributed by atoms with Crippen LogP contribution in [0.2, 0.25) is 18.1 Å². The number of hydrogen-bond acceptors (Lipinski definition) is 2. The molecule has 1 nitrogen and oxygen atoms in total. The van der Waals surface area contributed by atoms with Crippen molar-refractivity contribution < 1.29 is 4.43 Å². The second kappa shape index (κ2) is 11.4. The third-order valence-electron chi connectivity index (χ3n) is 5.15. The van der Waals surface area contributed by atoms with Gasteiger partial charge in [0.25, 0.3) is 0 Å². The second-order valence-corrected chi connectivity index (χ2v) is 16.5. The average Bonchev–Trinajstić information content (AvgIpc) is 2.66. The molecule has 4 heteroatoms. The van der Waals surface area contributed by atoms with E-state index in [-0.39, 0.29) is 0 Å². The Morgan fingerprint density at radius 2 is 1.57 bits per heavy atom. The molecule has 0 heterocycles. The third kappa shape index (κ3) is 8.30. The topological polar surface area (TPSA) is 9.23 Å². The molecule has 0 aliphatic heterocycles. The van der Waals surface area contributed by atoms with Gasteiger partial charge < -0.3 is 0 Å². The molecule has 0 radical (unpaired) electrons. The second-order valence-electron chi connectivity index (χ2n) is 8.50. The number of rotatable bonds is 10. The molecule has 0 aliphatic carbocycles. The summed E-state index contributed by atoms with van der Waals surface area (Å²) in [7, 11) is -1.62. The van der Waals surface area contributed by atoms with Gasteiger partial charge in [0.2, 0.25) is 0 Å². The molecule has 0 N–H and O–H groups in total. The van der Waals surface area contributed by atoms with Crippen molar-refractivity contribution in [3.8, 4) is 0 Å². The Morgan fingerprint density at radius 3 is 2.18 bits per heavy atom. The van der Waals surface area contributed by atoms with Crippen molar-refractivity contribution in [1.82, 2.24) is 0 Å². The summed E-state index contributed by atoms with van der Waals surface area (Å²) in [5.74, 6) is 0. The van der Waals surface area contributed by atoms with Crippen LogP contribution in [0.25, 0.3) is 0 Å². The molecule has 2 rings (SSSR count). The van der Waals surface area contributed by atoms with E-state index in [1.807, 2.05) is 11.8 Å². The van der Waals surface area contributed by atoms with Crippen molar-refractivity contribution in [3.05, 3.63) is 70.5 Å². The average molecular weight is 478 g/mol. The first-order valence-electron chi connectivity index (χ1n) is 10.1. The van der Waals surface area contributed by atoms with E-state index < -0.39 is 8.32 Å². The molecule has 28 heavy (non-hydrogen) atoms. The van der Waals surface area contributed by atoms with Gasteiger partial charge in [-0.15, -0.1) is 0 Å². The zero-order valence-corrected chi connectivity index (χ0v) is 21.4. The Balaban J connectivity index is 1.89. The molecule has 0 aromatic heterocycles. The Hall–Kier alpha value is -0.774. The van der Waals surface area contributed by atoms with Gasteiger partial charge in [0, 0.05) is 0 Å². The first-order chi connectivity index (χ1) is 13.3. The van der Waals surface area contributed by atoms with Gasteiger partial charge in [0.15, 0.2) is 0 Å². The molecule has 2 aromatic carbocycles. The van der Waals surface area contributed by atoms with Crippen molar-refractivity contribution in [2.24, 2.45) is 0 Å². The van der Waals surface area contributed by atoms with Crippen LogP contribution in [0.5, 0.6) is 0 Å². The Morgan fingerprint density at radius 1 is 0.964 bits per heavy atom. The molecule has 0 saturated heterocycles. The van der Waals surface area contributed by atoms with E-state index in [0.29, 0.717) is 20.0 Å². The van der Waals surface area contributed by atoms with Gasteiger partial charge in [-0.3, -0.25) is 0 Å². The first kappa shape index (κ1) is 23.5. The zero-order chi connectivity index (χ0) is 20.5. The van der Waals surface area contributed by atoms with Gasteiger partial charge >= 0.3 is 184 Å². The van der Waals surface area contributed by atoms with E-state index in [4.69, 9.17) is 4.43 Å². The van der Waals surface area contributed by atoms with E-state index >= 15 is 0 Å². The summed E-state index contributed by atoms with van der Waals surface area (Å²) >= 11 is 2.31. The molecule has 0 saturated carbocycles. The van der Waals surface area contributed by atoms with Crippen LogP contribution in [-0.4, -0.2) is 29.9 Å². The Bertz CT molecular complexity index is 723. The van der Waals surface area contributed by atoms with Crippen molar-refractivity contribution in [2.75, 3.05) is 6.61 Å². The Kier molecular flexibility index (Phi) is 9.59. The van der Waals surface area contributed by atoms with Crippen LogP contribution in [-0.2, 0) is 4.43 Å². The SMILES string of the molecule is CC(C)(C)[Si](C)(C)OCCCC/C(=C/[Se]c1ccccc1)Sc1ccccc1. The van der Waals surface area contributed by atoms with Crippen LogP contribution in [0.1, 0.15) is 40.0 Å². The predicted molar refractivity (Wildman–Crippen MR) is 129 cm³/mol. The van der Waals surface area contributed by atoms with Gasteiger partial charge in [0.05, 0.1) is 0 Å². The number of allylic oxidation sites excluding steroid dienone is 1. The van der Waals surface area contributed by atoms with E-state index in [0.717, 1.165) is 19.4 Å². The number of unbranched alkanes of at least 4 members (excludes halogenated alkanes) is 1. The molecule has 152 valence electrons. The van der Waals surface area contributed by atoms with Crippen LogP contribution in [0.15, 0.2) is 75.4 Å². The van der Waals surface area contributed by atoms with Crippen LogP contribution >= 0.6 is 11.8 Å². The quantitative estimate of drug-likeness (QED) is 0.210. The molecular weight excluding hydrogens is 443 g/mol. The van der Waals surface area contributed by atoms with E-state index in [1.165, 1.54) is 20.7 Å². The van der Waals surface area contributed by atoms with Gasteiger partial charge in [-0.25, -0.2) is 0 Å². The van der Waals surface area contributed by atoms with Crippen molar-refractivity contribution in [3.63, 3.8) is 0 Å². The predicted octanol–water partition coefficient (Wildman–Crippen LogP) is 6.84. The third-order valence-corrected chi connectivity index (χ3v) is 13.1. The Labute approximate surface area is 183 Å². The van der Waals surface area contributed by atoms with Crippen LogP contribution in [0.4, 0.5) is 0 Å². The summed E-state index contributed by atoms with van der Waals surface area (Å²) in [5.41, 5.74) is 0. The molecule has 0 bridgehead atoms. The zero-order valence-electron chi connectivity index (χ0n) is 17.9. The van der Waals surface area contributed by atoms with Gasteiger partial charge in [-0.05, 0) is 0 Å². The molecule has 0 atom stereocenters. The summed E-state index contributed by atoms with van der Waals surface area (Å²) in [6.45, 7) is 12.5. The number of benzene rings is 2. The van der Waals surface area contributed by atoms with Gasteiger partial charge in [-0.1, -0.05) is 0 Å². The van der Waals surface area contributed by atoms with Crippen molar-refractivity contribution >= 4 is 39.5 Å². The first-order valence-corrected chi connectivity index (χ1v) is 15.6. The monoisotopic (exact) mass is 478 g/mol. The number of hydrogen-bond donors (Lipinski definition) is 0. The van der Waals surface area contributed by atoms with E-state index in [1.54, 1.807) is 0 Å². The molecule has 0 unspecified atom stereocenters. The standard InChI is InChI=1S/C24H34OSSeSi/c1-24(2,3)28(4,5)25-19-13-12-16-22(26-21-14-8-6-9-15-21)20-27-23-17-10-7-11-18-23/h6-11,14-15,17-18,20H,12-13,16,19H2,1-5H3/b22-20-. The van der Waals surface area contributed by atoms with E-state index in [2.05, 4.69) is 99.5 Å². The summed E-state index contributed by atoms with van der Waals surface area (Å²) in [4.78, 5) is 5.28. The fourth-order valence-corrected chi connectivity index (χ4v) is 6.35. The molecular formula is C24H34OSSeSi. The maximum atomic E-state index is 6.34.